The van der Waals surface area contributed by atoms with Crippen molar-refractivity contribution < 1.29 is 9.21 Å². The number of furan rings is 1. The molecular formula is C10H13NO2. The third-order valence-corrected chi connectivity index (χ3v) is 2.51. The summed E-state index contributed by atoms with van der Waals surface area (Å²) in [5, 5.41) is 2.92. The summed E-state index contributed by atoms with van der Waals surface area (Å²) in [6.07, 6.45) is 3.77. The van der Waals surface area contributed by atoms with Crippen LogP contribution in [-0.2, 0) is 0 Å². The zero-order valence-electron chi connectivity index (χ0n) is 7.62. The van der Waals surface area contributed by atoms with Crippen molar-refractivity contribution in [2.75, 3.05) is 0 Å². The van der Waals surface area contributed by atoms with E-state index in [1.165, 1.54) is 6.26 Å². The van der Waals surface area contributed by atoms with Crippen LogP contribution < -0.4 is 5.32 Å². The van der Waals surface area contributed by atoms with Crippen molar-refractivity contribution >= 4 is 5.91 Å². The molecule has 0 aliphatic heterocycles. The Hall–Kier alpha value is -1.25. The molecule has 0 unspecified atom stereocenters. The monoisotopic (exact) mass is 179 g/mol. The summed E-state index contributed by atoms with van der Waals surface area (Å²) < 4.78 is 4.98. The van der Waals surface area contributed by atoms with Crippen LogP contribution in [0.4, 0.5) is 0 Å². The Kier molecular flexibility index (Phi) is 2.08. The minimum Gasteiger partial charge on any atom is -0.459 e. The number of nitrogens with one attached hydrogen (secondary N) is 1. The van der Waals surface area contributed by atoms with Gasteiger partial charge in [-0.2, -0.15) is 0 Å². The molecule has 1 heterocycles. The smallest absolute Gasteiger partial charge is 0.287 e. The number of carbonyl (C=O) groups excluding carboxylic acids is 1. The molecule has 1 aliphatic carbocycles. The summed E-state index contributed by atoms with van der Waals surface area (Å²) in [4.78, 5) is 11.4. The lowest BCUT2D eigenvalue weighted by Crippen LogP contribution is -2.26. The molecule has 70 valence electrons. The second-order valence-corrected chi connectivity index (χ2v) is 3.46. The van der Waals surface area contributed by atoms with Gasteiger partial charge in [0.15, 0.2) is 5.76 Å². The lowest BCUT2D eigenvalue weighted by atomic mass is 10.3. The quantitative estimate of drug-likeness (QED) is 0.768. The first kappa shape index (κ1) is 8.35. The topological polar surface area (TPSA) is 42.2 Å². The van der Waals surface area contributed by atoms with Gasteiger partial charge in [0.2, 0.25) is 0 Å². The van der Waals surface area contributed by atoms with E-state index in [9.17, 15) is 4.79 Å². The summed E-state index contributed by atoms with van der Waals surface area (Å²) in [5.41, 5.74) is 0. The van der Waals surface area contributed by atoms with E-state index in [-0.39, 0.29) is 5.91 Å². The van der Waals surface area contributed by atoms with Gasteiger partial charge in [0.25, 0.3) is 5.91 Å². The highest BCUT2D eigenvalue weighted by molar-refractivity contribution is 5.91. The van der Waals surface area contributed by atoms with Crippen LogP contribution in [0.2, 0.25) is 0 Å². The summed E-state index contributed by atoms with van der Waals surface area (Å²) in [7, 11) is 0. The molecular weight excluding hydrogens is 166 g/mol. The van der Waals surface area contributed by atoms with E-state index in [0.29, 0.717) is 17.7 Å². The van der Waals surface area contributed by atoms with Crippen molar-refractivity contribution in [1.29, 1.82) is 0 Å². The maximum atomic E-state index is 11.4. The highest BCUT2D eigenvalue weighted by atomic mass is 16.3. The van der Waals surface area contributed by atoms with Crippen LogP contribution in [-0.4, -0.2) is 11.9 Å². The molecule has 0 bridgehead atoms. The van der Waals surface area contributed by atoms with Crippen LogP contribution in [0.15, 0.2) is 22.8 Å². The van der Waals surface area contributed by atoms with E-state index in [4.69, 9.17) is 4.42 Å². The Morgan fingerprint density at radius 2 is 2.62 bits per heavy atom. The second-order valence-electron chi connectivity index (χ2n) is 3.46. The molecule has 1 aromatic heterocycles. The predicted octanol–water partition coefficient (Wildman–Crippen LogP) is 1.81. The molecule has 1 N–H and O–H groups in total. The van der Waals surface area contributed by atoms with Gasteiger partial charge < -0.3 is 9.73 Å². The number of carbonyl (C=O) groups is 1. The van der Waals surface area contributed by atoms with Crippen LogP contribution in [0, 0.1) is 5.92 Å². The molecule has 1 aliphatic rings. The number of rotatable bonds is 3. The first-order chi connectivity index (χ1) is 6.31. The third-order valence-electron chi connectivity index (χ3n) is 2.51. The molecule has 0 saturated heterocycles. The van der Waals surface area contributed by atoms with E-state index < -0.39 is 0 Å². The van der Waals surface area contributed by atoms with Crippen LogP contribution in [0.25, 0.3) is 0 Å². The van der Waals surface area contributed by atoms with Gasteiger partial charge in [-0.15, -0.1) is 0 Å². The molecule has 1 aromatic rings. The van der Waals surface area contributed by atoms with Gasteiger partial charge in [-0.1, -0.05) is 13.3 Å². The van der Waals surface area contributed by atoms with E-state index in [0.717, 1.165) is 12.8 Å². The minimum atomic E-state index is -0.0917. The van der Waals surface area contributed by atoms with Crippen molar-refractivity contribution in [3.63, 3.8) is 0 Å². The van der Waals surface area contributed by atoms with Crippen molar-refractivity contribution in [3.8, 4) is 0 Å². The summed E-state index contributed by atoms with van der Waals surface area (Å²) in [5.74, 6) is 0.992. The first-order valence-corrected chi connectivity index (χ1v) is 4.65. The Morgan fingerprint density at radius 3 is 3.15 bits per heavy atom. The zero-order valence-corrected chi connectivity index (χ0v) is 7.62. The van der Waals surface area contributed by atoms with Crippen molar-refractivity contribution in [3.05, 3.63) is 24.2 Å². The Labute approximate surface area is 77.1 Å². The molecule has 3 nitrogen and oxygen atoms in total. The number of hydrogen-bond acceptors (Lipinski definition) is 2. The minimum absolute atomic E-state index is 0.0917. The zero-order chi connectivity index (χ0) is 9.26. The Balaban J connectivity index is 1.87. The molecule has 3 heteroatoms. The van der Waals surface area contributed by atoms with Gasteiger partial charge in [0.1, 0.15) is 0 Å². The number of hydrogen-bond donors (Lipinski definition) is 1. The van der Waals surface area contributed by atoms with Gasteiger partial charge >= 0.3 is 0 Å². The molecule has 13 heavy (non-hydrogen) atoms. The fraction of sp³-hybridized carbons (Fsp3) is 0.500. The molecule has 1 amide bonds. The highest BCUT2D eigenvalue weighted by Crippen LogP contribution is 2.33. The molecule has 1 saturated carbocycles. The molecule has 2 atom stereocenters. The van der Waals surface area contributed by atoms with Crippen molar-refractivity contribution in [2.24, 2.45) is 5.92 Å². The largest absolute Gasteiger partial charge is 0.459 e. The number of amides is 1. The molecule has 0 aromatic carbocycles. The summed E-state index contributed by atoms with van der Waals surface area (Å²) in [6, 6.07) is 3.78. The standard InChI is InChI=1S/C10H13NO2/c1-2-7-6-8(7)11-10(12)9-4-3-5-13-9/h3-5,7-8H,2,6H2,1H3,(H,11,12)/t7-,8-/m1/s1. The van der Waals surface area contributed by atoms with Crippen molar-refractivity contribution in [1.82, 2.24) is 5.32 Å². The fourth-order valence-electron chi connectivity index (χ4n) is 1.52. The first-order valence-electron chi connectivity index (χ1n) is 4.65. The van der Waals surface area contributed by atoms with Gasteiger partial charge in [-0.3, -0.25) is 4.79 Å². The van der Waals surface area contributed by atoms with Gasteiger partial charge in [0.05, 0.1) is 6.26 Å². The fourth-order valence-corrected chi connectivity index (χ4v) is 1.52. The normalized spacial score (nSPS) is 25.6. The average Bonchev–Trinajstić information content (AvgIpc) is 2.68. The lowest BCUT2D eigenvalue weighted by molar-refractivity contribution is 0.0921. The van der Waals surface area contributed by atoms with E-state index in [2.05, 4.69) is 12.2 Å². The Bertz CT molecular complexity index is 292. The SMILES string of the molecule is CC[C@@H]1C[C@H]1NC(=O)c1ccco1. The van der Waals surface area contributed by atoms with Crippen LogP contribution in [0.3, 0.4) is 0 Å². The highest BCUT2D eigenvalue weighted by Gasteiger charge is 2.36. The lowest BCUT2D eigenvalue weighted by Gasteiger charge is -1.99. The molecule has 0 radical (unpaired) electrons. The van der Waals surface area contributed by atoms with E-state index >= 15 is 0 Å². The maximum Gasteiger partial charge on any atom is 0.287 e. The average molecular weight is 179 g/mol. The van der Waals surface area contributed by atoms with Crippen molar-refractivity contribution in [2.45, 2.75) is 25.8 Å². The molecule has 0 spiro atoms. The molecule has 2 rings (SSSR count). The van der Waals surface area contributed by atoms with E-state index in [1.807, 2.05) is 0 Å². The summed E-state index contributed by atoms with van der Waals surface area (Å²) in [6.45, 7) is 2.14. The maximum absolute atomic E-state index is 11.4. The van der Waals surface area contributed by atoms with Crippen LogP contribution in [0.5, 0.6) is 0 Å². The predicted molar refractivity (Wildman–Crippen MR) is 48.4 cm³/mol. The van der Waals surface area contributed by atoms with Crippen LogP contribution in [0.1, 0.15) is 30.3 Å². The van der Waals surface area contributed by atoms with Gasteiger partial charge in [-0.25, -0.2) is 0 Å². The third kappa shape index (κ3) is 1.74. The summed E-state index contributed by atoms with van der Waals surface area (Å²) >= 11 is 0. The van der Waals surface area contributed by atoms with E-state index in [1.54, 1.807) is 12.1 Å². The Morgan fingerprint density at radius 1 is 1.77 bits per heavy atom. The second kappa shape index (κ2) is 3.24. The van der Waals surface area contributed by atoms with Gasteiger partial charge in [0, 0.05) is 6.04 Å². The van der Waals surface area contributed by atoms with Gasteiger partial charge in [-0.05, 0) is 24.5 Å². The molecule has 1 fully saturated rings. The van der Waals surface area contributed by atoms with Crippen LogP contribution >= 0.6 is 0 Å².